The number of amides is 2. The standard InChI is InChI=1S/C9H11N3O3S/c1-6-5-16-8(10-6)11-7(13)4-12-2-3-15-9(12)14/h5H,2-4H2,1H3,(H,10,11,13). The van der Waals surface area contributed by atoms with Gasteiger partial charge >= 0.3 is 6.09 Å². The van der Waals surface area contributed by atoms with Crippen molar-refractivity contribution >= 4 is 28.5 Å². The second kappa shape index (κ2) is 4.48. The van der Waals surface area contributed by atoms with Crippen LogP contribution in [0.2, 0.25) is 0 Å². The Kier molecular flexibility index (Phi) is 3.04. The van der Waals surface area contributed by atoms with Gasteiger partial charge in [0.15, 0.2) is 5.13 Å². The zero-order chi connectivity index (χ0) is 11.5. The molecule has 1 aromatic heterocycles. The van der Waals surface area contributed by atoms with Crippen molar-refractivity contribution in [2.75, 3.05) is 25.0 Å². The van der Waals surface area contributed by atoms with Gasteiger partial charge in [-0.1, -0.05) is 0 Å². The minimum atomic E-state index is -0.439. The zero-order valence-electron chi connectivity index (χ0n) is 8.73. The van der Waals surface area contributed by atoms with Gasteiger partial charge in [-0.05, 0) is 6.92 Å². The molecule has 1 aromatic rings. The summed E-state index contributed by atoms with van der Waals surface area (Å²) in [7, 11) is 0. The van der Waals surface area contributed by atoms with E-state index in [1.54, 1.807) is 0 Å². The van der Waals surface area contributed by atoms with Crippen molar-refractivity contribution < 1.29 is 14.3 Å². The Morgan fingerprint density at radius 3 is 3.12 bits per heavy atom. The molecule has 86 valence electrons. The Morgan fingerprint density at radius 1 is 1.75 bits per heavy atom. The summed E-state index contributed by atoms with van der Waals surface area (Å²) in [6.07, 6.45) is -0.439. The molecule has 0 bridgehead atoms. The summed E-state index contributed by atoms with van der Waals surface area (Å²) in [4.78, 5) is 28.1. The van der Waals surface area contributed by atoms with Gasteiger partial charge in [0.2, 0.25) is 5.91 Å². The summed E-state index contributed by atoms with van der Waals surface area (Å²) in [6, 6.07) is 0. The predicted molar refractivity (Wildman–Crippen MR) is 58.4 cm³/mol. The lowest BCUT2D eigenvalue weighted by Crippen LogP contribution is -2.33. The van der Waals surface area contributed by atoms with Crippen LogP contribution in [-0.4, -0.2) is 41.6 Å². The predicted octanol–water partition coefficient (Wildman–Crippen LogP) is 0.842. The fourth-order valence-electron chi connectivity index (χ4n) is 1.31. The number of aryl methyl sites for hydroxylation is 1. The average molecular weight is 241 g/mol. The van der Waals surface area contributed by atoms with Crippen LogP contribution in [0, 0.1) is 6.92 Å². The molecule has 0 atom stereocenters. The number of aromatic nitrogens is 1. The van der Waals surface area contributed by atoms with Crippen molar-refractivity contribution in [2.24, 2.45) is 0 Å². The number of carbonyl (C=O) groups is 2. The number of carbonyl (C=O) groups excluding carboxylic acids is 2. The molecule has 0 aromatic carbocycles. The molecule has 2 rings (SSSR count). The molecule has 16 heavy (non-hydrogen) atoms. The van der Waals surface area contributed by atoms with Crippen molar-refractivity contribution in [3.8, 4) is 0 Å². The van der Waals surface area contributed by atoms with Gasteiger partial charge in [0.1, 0.15) is 13.2 Å². The fourth-order valence-corrected chi connectivity index (χ4v) is 2.02. The summed E-state index contributed by atoms with van der Waals surface area (Å²) in [5.74, 6) is -0.256. The van der Waals surface area contributed by atoms with Gasteiger partial charge in [-0.25, -0.2) is 9.78 Å². The number of hydrogen-bond donors (Lipinski definition) is 1. The molecular weight excluding hydrogens is 230 g/mol. The number of nitrogens with zero attached hydrogens (tertiary/aromatic N) is 2. The summed E-state index contributed by atoms with van der Waals surface area (Å²) >= 11 is 1.36. The lowest BCUT2D eigenvalue weighted by molar-refractivity contribution is -0.116. The first-order valence-corrected chi connectivity index (χ1v) is 5.67. The van der Waals surface area contributed by atoms with Crippen LogP contribution in [0.15, 0.2) is 5.38 Å². The molecule has 2 amide bonds. The Morgan fingerprint density at radius 2 is 2.56 bits per heavy atom. The summed E-state index contributed by atoms with van der Waals surface area (Å²) in [5, 5.41) is 5.03. The number of anilines is 1. The van der Waals surface area contributed by atoms with Gasteiger partial charge in [0.25, 0.3) is 0 Å². The highest BCUT2D eigenvalue weighted by Crippen LogP contribution is 2.14. The van der Waals surface area contributed by atoms with E-state index in [1.807, 2.05) is 12.3 Å². The molecule has 1 aliphatic rings. The summed E-state index contributed by atoms with van der Waals surface area (Å²) < 4.78 is 4.71. The van der Waals surface area contributed by atoms with E-state index < -0.39 is 6.09 Å². The van der Waals surface area contributed by atoms with E-state index in [-0.39, 0.29) is 12.5 Å². The number of rotatable bonds is 3. The third-order valence-corrected chi connectivity index (χ3v) is 2.92. The van der Waals surface area contributed by atoms with E-state index in [1.165, 1.54) is 16.2 Å². The number of hydrogen-bond acceptors (Lipinski definition) is 5. The molecular formula is C9H11N3O3S. The summed E-state index contributed by atoms with van der Waals surface area (Å²) in [5.41, 5.74) is 0.862. The van der Waals surface area contributed by atoms with Crippen LogP contribution in [0.4, 0.5) is 9.93 Å². The highest BCUT2D eigenvalue weighted by Gasteiger charge is 2.24. The first-order valence-electron chi connectivity index (χ1n) is 4.79. The van der Waals surface area contributed by atoms with Crippen molar-refractivity contribution in [1.82, 2.24) is 9.88 Å². The first kappa shape index (κ1) is 10.9. The molecule has 0 radical (unpaired) electrons. The Hall–Kier alpha value is -1.63. The van der Waals surface area contributed by atoms with Crippen molar-refractivity contribution in [1.29, 1.82) is 0 Å². The smallest absolute Gasteiger partial charge is 0.410 e. The molecule has 0 aliphatic carbocycles. The second-order valence-corrected chi connectivity index (χ2v) is 4.24. The minimum Gasteiger partial charge on any atom is -0.448 e. The van der Waals surface area contributed by atoms with Crippen LogP contribution in [0.5, 0.6) is 0 Å². The van der Waals surface area contributed by atoms with E-state index in [4.69, 9.17) is 4.74 Å². The molecule has 1 aliphatic heterocycles. The normalized spacial score (nSPS) is 15.1. The second-order valence-electron chi connectivity index (χ2n) is 3.38. The first-order chi connectivity index (χ1) is 7.65. The fraction of sp³-hybridized carbons (Fsp3) is 0.444. The van der Waals surface area contributed by atoms with Gasteiger partial charge in [0.05, 0.1) is 12.2 Å². The maximum absolute atomic E-state index is 11.5. The number of thiazole rings is 1. The lowest BCUT2D eigenvalue weighted by atomic mass is 10.5. The summed E-state index contributed by atoms with van der Waals surface area (Å²) in [6.45, 7) is 2.67. The molecule has 0 spiro atoms. The van der Waals surface area contributed by atoms with Crippen molar-refractivity contribution in [3.05, 3.63) is 11.1 Å². The van der Waals surface area contributed by atoms with E-state index in [2.05, 4.69) is 10.3 Å². The number of ether oxygens (including phenoxy) is 1. The molecule has 1 N–H and O–H groups in total. The van der Waals surface area contributed by atoms with Crippen molar-refractivity contribution in [3.63, 3.8) is 0 Å². The van der Waals surface area contributed by atoms with Gasteiger partial charge < -0.3 is 10.1 Å². The Labute approximate surface area is 96.2 Å². The Bertz CT molecular complexity index is 418. The molecule has 6 nitrogen and oxygen atoms in total. The van der Waals surface area contributed by atoms with Gasteiger partial charge in [-0.3, -0.25) is 9.69 Å². The number of cyclic esters (lactones) is 1. The van der Waals surface area contributed by atoms with Crippen LogP contribution >= 0.6 is 11.3 Å². The third kappa shape index (κ3) is 2.48. The molecule has 7 heteroatoms. The SMILES string of the molecule is Cc1csc(NC(=O)CN2CCOC2=O)n1. The maximum Gasteiger partial charge on any atom is 0.410 e. The van der Waals surface area contributed by atoms with Crippen molar-refractivity contribution in [2.45, 2.75) is 6.92 Å². The van der Waals surface area contributed by atoms with E-state index in [0.29, 0.717) is 18.3 Å². The zero-order valence-corrected chi connectivity index (χ0v) is 9.54. The quantitative estimate of drug-likeness (QED) is 0.851. The monoisotopic (exact) mass is 241 g/mol. The largest absolute Gasteiger partial charge is 0.448 e. The van der Waals surface area contributed by atoms with Gasteiger partial charge in [-0.2, -0.15) is 0 Å². The van der Waals surface area contributed by atoms with E-state index in [0.717, 1.165) is 5.69 Å². The Balaban J connectivity index is 1.86. The van der Waals surface area contributed by atoms with Gasteiger partial charge in [0, 0.05) is 5.38 Å². The topological polar surface area (TPSA) is 71.5 Å². The lowest BCUT2D eigenvalue weighted by Gasteiger charge is -2.10. The minimum absolute atomic E-state index is 0.0114. The molecule has 0 unspecified atom stereocenters. The maximum atomic E-state index is 11.5. The van der Waals surface area contributed by atoms with E-state index in [9.17, 15) is 9.59 Å². The van der Waals surface area contributed by atoms with Crippen LogP contribution in [0.3, 0.4) is 0 Å². The molecule has 1 saturated heterocycles. The third-order valence-electron chi connectivity index (χ3n) is 2.04. The van der Waals surface area contributed by atoms with Crippen LogP contribution < -0.4 is 5.32 Å². The molecule has 1 fully saturated rings. The highest BCUT2D eigenvalue weighted by molar-refractivity contribution is 7.13. The van der Waals surface area contributed by atoms with Crippen LogP contribution in [0.25, 0.3) is 0 Å². The van der Waals surface area contributed by atoms with Gasteiger partial charge in [-0.15, -0.1) is 11.3 Å². The average Bonchev–Trinajstić information content (AvgIpc) is 2.77. The van der Waals surface area contributed by atoms with Crippen LogP contribution in [-0.2, 0) is 9.53 Å². The van der Waals surface area contributed by atoms with Crippen LogP contribution in [0.1, 0.15) is 5.69 Å². The molecule has 2 heterocycles. The number of nitrogens with one attached hydrogen (secondary N) is 1. The molecule has 0 saturated carbocycles. The highest BCUT2D eigenvalue weighted by atomic mass is 32.1. The van der Waals surface area contributed by atoms with E-state index >= 15 is 0 Å².